The Hall–Kier alpha value is -1.16. The highest BCUT2D eigenvalue weighted by Gasteiger charge is 2.22. The lowest BCUT2D eigenvalue weighted by atomic mass is 10.1. The molecule has 1 aromatic heterocycles. The van der Waals surface area contributed by atoms with Gasteiger partial charge < -0.3 is 20.9 Å². The number of aromatic nitrogens is 2. The Bertz CT molecular complexity index is 586. The first-order valence-electron chi connectivity index (χ1n) is 8.25. The van der Waals surface area contributed by atoms with Gasteiger partial charge in [-0.2, -0.15) is 4.37 Å². The van der Waals surface area contributed by atoms with Gasteiger partial charge in [-0.25, -0.2) is 4.98 Å². The Morgan fingerprint density at radius 3 is 2.50 bits per heavy atom. The highest BCUT2D eigenvalue weighted by molar-refractivity contribution is 7.09. The van der Waals surface area contributed by atoms with Gasteiger partial charge in [0.15, 0.2) is 0 Å². The molecule has 0 aromatic carbocycles. The summed E-state index contributed by atoms with van der Waals surface area (Å²) in [4.78, 5) is 32.5. The van der Waals surface area contributed by atoms with Gasteiger partial charge in [0.05, 0.1) is 12.6 Å². The zero-order valence-corrected chi connectivity index (χ0v) is 17.8. The fraction of sp³-hybridized carbons (Fsp3) is 0.733. The van der Waals surface area contributed by atoms with Crippen LogP contribution in [0.3, 0.4) is 0 Å². The van der Waals surface area contributed by atoms with Crippen molar-refractivity contribution in [1.82, 2.24) is 19.6 Å². The molecule has 0 radical (unpaired) electrons. The maximum Gasteiger partial charge on any atom is 0.242 e. The zero-order valence-electron chi connectivity index (χ0n) is 15.3. The number of nitrogens with one attached hydrogen (secondary N) is 1. The van der Waals surface area contributed by atoms with E-state index in [-0.39, 0.29) is 49.1 Å². The molecule has 1 aliphatic rings. The topological polar surface area (TPSA) is 104 Å². The van der Waals surface area contributed by atoms with Crippen LogP contribution in [0.15, 0.2) is 0 Å². The van der Waals surface area contributed by atoms with Crippen molar-refractivity contribution >= 4 is 53.3 Å². The molecule has 0 bridgehead atoms. The zero-order chi connectivity index (χ0) is 17.7. The number of hydrogen-bond donors (Lipinski definition) is 2. The molecule has 1 fully saturated rings. The largest absolute Gasteiger partial charge is 0.346 e. The number of aryl methyl sites for hydroxylation is 1. The Labute approximate surface area is 170 Å². The molecule has 3 N–H and O–H groups in total. The standard InChI is InChI=1S/C15H26N6O2S.2ClH/c1-10(2)13(16)14(23)17-9-12(22)20-5-4-6-21(8-7-20)15-18-11(3)19-24-15;;/h10,13H,4-9,16H2,1-3H3,(H,17,23);2*1H/t13-;;/m0../s1. The molecule has 1 aliphatic heterocycles. The minimum Gasteiger partial charge on any atom is -0.346 e. The van der Waals surface area contributed by atoms with E-state index in [1.54, 1.807) is 4.90 Å². The molecule has 8 nitrogen and oxygen atoms in total. The van der Waals surface area contributed by atoms with Crippen LogP contribution in [0, 0.1) is 12.8 Å². The number of carbonyl (C=O) groups is 2. The van der Waals surface area contributed by atoms with E-state index in [4.69, 9.17) is 5.73 Å². The molecule has 1 aromatic rings. The predicted octanol–water partition coefficient (Wildman–Crippen LogP) is 0.828. The van der Waals surface area contributed by atoms with Crippen LogP contribution < -0.4 is 16.0 Å². The minimum atomic E-state index is -0.585. The van der Waals surface area contributed by atoms with Gasteiger partial charge in [-0.05, 0) is 19.3 Å². The molecule has 150 valence electrons. The molecule has 0 aliphatic carbocycles. The van der Waals surface area contributed by atoms with E-state index in [9.17, 15) is 9.59 Å². The fourth-order valence-electron chi connectivity index (χ4n) is 2.47. The molecular weight excluding hydrogens is 399 g/mol. The Kier molecular flexibility index (Phi) is 11.0. The molecule has 11 heteroatoms. The lowest BCUT2D eigenvalue weighted by molar-refractivity contribution is -0.133. The summed E-state index contributed by atoms with van der Waals surface area (Å²) in [6, 6.07) is -0.585. The van der Waals surface area contributed by atoms with Gasteiger partial charge in [-0.15, -0.1) is 24.8 Å². The smallest absolute Gasteiger partial charge is 0.242 e. The number of rotatable bonds is 5. The maximum atomic E-state index is 12.3. The molecule has 2 heterocycles. The molecule has 1 atom stereocenters. The van der Waals surface area contributed by atoms with Crippen molar-refractivity contribution in [2.45, 2.75) is 33.2 Å². The number of nitrogens with zero attached hydrogens (tertiary/aromatic N) is 4. The summed E-state index contributed by atoms with van der Waals surface area (Å²) in [6.45, 7) is 8.50. The summed E-state index contributed by atoms with van der Waals surface area (Å²) in [5, 5.41) is 3.54. The van der Waals surface area contributed by atoms with Crippen molar-refractivity contribution in [3.63, 3.8) is 0 Å². The summed E-state index contributed by atoms with van der Waals surface area (Å²) in [7, 11) is 0. The van der Waals surface area contributed by atoms with Crippen LogP contribution in [0.25, 0.3) is 0 Å². The lowest BCUT2D eigenvalue weighted by Crippen LogP contribution is -2.48. The van der Waals surface area contributed by atoms with Gasteiger partial charge in [0.25, 0.3) is 0 Å². The third kappa shape index (κ3) is 6.86. The van der Waals surface area contributed by atoms with Gasteiger partial charge in [0, 0.05) is 37.7 Å². The van der Waals surface area contributed by atoms with Crippen LogP contribution in [-0.4, -0.2) is 64.8 Å². The average Bonchev–Trinajstić information content (AvgIpc) is 2.84. The summed E-state index contributed by atoms with van der Waals surface area (Å²) >= 11 is 1.39. The minimum absolute atomic E-state index is 0. The number of nitrogens with two attached hydrogens (primary N) is 1. The van der Waals surface area contributed by atoms with E-state index in [1.165, 1.54) is 11.5 Å². The van der Waals surface area contributed by atoms with E-state index in [0.717, 1.165) is 30.5 Å². The normalized spacial score (nSPS) is 15.6. The third-order valence-electron chi connectivity index (χ3n) is 4.07. The number of carbonyl (C=O) groups excluding carboxylic acids is 2. The molecule has 0 unspecified atom stereocenters. The van der Waals surface area contributed by atoms with Gasteiger partial charge >= 0.3 is 0 Å². The van der Waals surface area contributed by atoms with Crippen molar-refractivity contribution in [2.75, 3.05) is 37.6 Å². The quantitative estimate of drug-likeness (QED) is 0.722. The molecule has 2 rings (SSSR count). The first-order chi connectivity index (χ1) is 11.4. The van der Waals surface area contributed by atoms with Crippen molar-refractivity contribution in [2.24, 2.45) is 11.7 Å². The van der Waals surface area contributed by atoms with Crippen LogP contribution in [0.1, 0.15) is 26.1 Å². The van der Waals surface area contributed by atoms with Gasteiger partial charge in [0.1, 0.15) is 5.82 Å². The van der Waals surface area contributed by atoms with Crippen molar-refractivity contribution in [3.8, 4) is 0 Å². The first-order valence-corrected chi connectivity index (χ1v) is 9.02. The molecule has 0 saturated carbocycles. The average molecular weight is 427 g/mol. The van der Waals surface area contributed by atoms with E-state index in [1.807, 2.05) is 20.8 Å². The summed E-state index contributed by atoms with van der Waals surface area (Å²) in [6.07, 6.45) is 0.865. The van der Waals surface area contributed by atoms with E-state index in [2.05, 4.69) is 19.6 Å². The van der Waals surface area contributed by atoms with Crippen LogP contribution in [-0.2, 0) is 9.59 Å². The second-order valence-electron chi connectivity index (χ2n) is 6.33. The van der Waals surface area contributed by atoms with Crippen molar-refractivity contribution in [1.29, 1.82) is 0 Å². The van der Waals surface area contributed by atoms with Crippen LogP contribution in [0.4, 0.5) is 5.13 Å². The van der Waals surface area contributed by atoms with E-state index >= 15 is 0 Å². The monoisotopic (exact) mass is 426 g/mol. The second-order valence-corrected chi connectivity index (χ2v) is 7.06. The van der Waals surface area contributed by atoms with Crippen LogP contribution in [0.2, 0.25) is 0 Å². The highest BCUT2D eigenvalue weighted by Crippen LogP contribution is 2.18. The SMILES string of the molecule is Cc1nsc(N2CCCN(C(=O)CNC(=O)[C@@H](N)C(C)C)CC2)n1.Cl.Cl. The predicted molar refractivity (Wildman–Crippen MR) is 108 cm³/mol. The summed E-state index contributed by atoms with van der Waals surface area (Å²) < 4.78 is 4.21. The molecular formula is C15H28Cl2N6O2S. The Morgan fingerprint density at radius 1 is 1.23 bits per heavy atom. The lowest BCUT2D eigenvalue weighted by Gasteiger charge is -2.22. The second kappa shape index (κ2) is 11.5. The van der Waals surface area contributed by atoms with Gasteiger partial charge in [0.2, 0.25) is 16.9 Å². The third-order valence-corrected chi connectivity index (χ3v) is 4.94. The van der Waals surface area contributed by atoms with Gasteiger partial charge in [-0.3, -0.25) is 9.59 Å². The van der Waals surface area contributed by atoms with Crippen LogP contribution in [0.5, 0.6) is 0 Å². The number of anilines is 1. The van der Waals surface area contributed by atoms with Gasteiger partial charge in [-0.1, -0.05) is 13.8 Å². The number of halogens is 2. The molecule has 0 spiro atoms. The molecule has 1 saturated heterocycles. The van der Waals surface area contributed by atoms with Crippen molar-refractivity contribution in [3.05, 3.63) is 5.82 Å². The summed E-state index contributed by atoms with van der Waals surface area (Å²) in [5.74, 6) is 0.465. The van der Waals surface area contributed by atoms with Crippen LogP contribution >= 0.6 is 36.3 Å². The van der Waals surface area contributed by atoms with E-state index in [0.29, 0.717) is 13.1 Å². The first kappa shape index (κ1) is 24.8. The highest BCUT2D eigenvalue weighted by atomic mass is 35.5. The molecule has 2 amide bonds. The van der Waals surface area contributed by atoms with Crippen molar-refractivity contribution < 1.29 is 9.59 Å². The summed E-state index contributed by atoms with van der Waals surface area (Å²) in [5.41, 5.74) is 5.78. The fourth-order valence-corrected chi connectivity index (χ4v) is 3.19. The Balaban J connectivity index is 0.00000312. The van der Waals surface area contributed by atoms with E-state index < -0.39 is 6.04 Å². The Morgan fingerprint density at radius 2 is 1.92 bits per heavy atom. The molecule has 26 heavy (non-hydrogen) atoms. The number of hydrogen-bond acceptors (Lipinski definition) is 7. The number of amides is 2. The maximum absolute atomic E-state index is 12.3.